The number of amides is 1. The highest BCUT2D eigenvalue weighted by atomic mass is 35.5. The van der Waals surface area contributed by atoms with Gasteiger partial charge >= 0.3 is 24.3 Å². The Bertz CT molecular complexity index is 1790. The van der Waals surface area contributed by atoms with Crippen LogP contribution >= 0.6 is 11.6 Å². The van der Waals surface area contributed by atoms with Gasteiger partial charge in [-0.1, -0.05) is 17.7 Å². The minimum absolute atomic E-state index is 0.169. The van der Waals surface area contributed by atoms with Crippen molar-refractivity contribution in [1.29, 1.82) is 0 Å². The van der Waals surface area contributed by atoms with Gasteiger partial charge in [-0.15, -0.1) is 0 Å². The van der Waals surface area contributed by atoms with Crippen LogP contribution in [0.5, 0.6) is 5.75 Å². The molecule has 0 saturated carbocycles. The maximum atomic E-state index is 12.3. The largest absolute Gasteiger partial charge is 0.496 e. The van der Waals surface area contributed by atoms with E-state index in [1.165, 1.54) is 11.2 Å². The summed E-state index contributed by atoms with van der Waals surface area (Å²) in [5, 5.41) is 20.2. The van der Waals surface area contributed by atoms with Gasteiger partial charge in [0.05, 0.1) is 24.2 Å². The molecule has 1 amide bonds. The average Bonchev–Trinajstić information content (AvgIpc) is 3.34. The van der Waals surface area contributed by atoms with E-state index in [2.05, 4.69) is 20.1 Å². The molecule has 0 saturated heterocycles. The van der Waals surface area contributed by atoms with Crippen LogP contribution in [-0.2, 0) is 9.59 Å². The molecule has 1 atom stereocenters. The summed E-state index contributed by atoms with van der Waals surface area (Å²) < 4.78 is 71.2. The number of carbonyl (C=O) groups is 3. The van der Waals surface area contributed by atoms with Gasteiger partial charge in [-0.3, -0.25) is 9.78 Å². The lowest BCUT2D eigenvalue weighted by molar-refractivity contribution is -0.193. The first-order valence-corrected chi connectivity index (χ1v) is 13.5. The summed E-state index contributed by atoms with van der Waals surface area (Å²) in [6, 6.07) is 5.15. The fourth-order valence-corrected chi connectivity index (χ4v) is 4.30. The number of aryl methyl sites for hydroxylation is 1. The molecule has 3 aromatic heterocycles. The van der Waals surface area contributed by atoms with Crippen molar-refractivity contribution in [3.63, 3.8) is 0 Å². The fraction of sp³-hybridized carbons (Fsp3) is 0.321. The number of carbonyl (C=O) groups excluding carboxylic acids is 1. The molecule has 0 bridgehead atoms. The van der Waals surface area contributed by atoms with E-state index in [1.807, 2.05) is 32.9 Å². The van der Waals surface area contributed by atoms with E-state index in [1.54, 1.807) is 38.2 Å². The highest BCUT2D eigenvalue weighted by molar-refractivity contribution is 6.32. The van der Waals surface area contributed by atoms with E-state index in [4.69, 9.17) is 41.9 Å². The third kappa shape index (κ3) is 8.99. The molecule has 3 heterocycles. The Labute approximate surface area is 272 Å². The summed E-state index contributed by atoms with van der Waals surface area (Å²) in [6.07, 6.45) is -7.08. The highest BCUT2D eigenvalue weighted by Gasteiger charge is 2.39. The van der Waals surface area contributed by atoms with Crippen LogP contribution in [0.15, 0.2) is 30.7 Å². The third-order valence-electron chi connectivity index (χ3n) is 6.38. The second kappa shape index (κ2) is 15.1. The predicted molar refractivity (Wildman–Crippen MR) is 160 cm³/mol. The number of hydrogen-bond donors (Lipinski definition) is 3. The Morgan fingerprint density at radius 1 is 1.00 bits per heavy atom. The van der Waals surface area contributed by atoms with E-state index in [0.29, 0.717) is 27.9 Å². The minimum Gasteiger partial charge on any atom is -0.496 e. The van der Waals surface area contributed by atoms with Gasteiger partial charge in [0.25, 0.3) is 5.91 Å². The Morgan fingerprint density at radius 3 is 1.98 bits per heavy atom. The number of rotatable bonds is 5. The van der Waals surface area contributed by atoms with Crippen molar-refractivity contribution in [3.05, 3.63) is 58.3 Å². The number of ether oxygens (including phenoxy) is 1. The summed E-state index contributed by atoms with van der Waals surface area (Å²) >= 11 is 6.69. The van der Waals surface area contributed by atoms with Crippen molar-refractivity contribution in [2.24, 2.45) is 0 Å². The zero-order valence-electron chi connectivity index (χ0n) is 25.9. The number of pyridine rings is 1. The molecule has 4 N–H and O–H groups in total. The zero-order valence-corrected chi connectivity index (χ0v) is 26.7. The standard InChI is InChI=1S/C24H26ClN7O2.2C2HF3O2/c1-12-17(25)9-16(14(3)32-23-20(13(2)30-32)22(26)28-11-29-23)21(34-6)19(12)15-7-8-18(27-10-15)24(33)31(4)5;2*3-2(4,5)1(6)7/h7-11,14H,1-6H3,(H2,26,28,29);2*(H,6,7). The maximum Gasteiger partial charge on any atom is 0.490 e. The zero-order chi connectivity index (χ0) is 36.9. The van der Waals surface area contributed by atoms with Gasteiger partial charge < -0.3 is 25.6 Å². The summed E-state index contributed by atoms with van der Waals surface area (Å²) in [6.45, 7) is 5.79. The normalized spacial score (nSPS) is 11.9. The molecule has 1 aromatic carbocycles. The number of nitrogen functional groups attached to an aromatic ring is 1. The SMILES string of the molecule is COc1c(C(C)n2nc(C)c3c(N)ncnc32)cc(Cl)c(C)c1-c1ccc(C(=O)N(C)C)nc1.O=C(O)C(F)(F)F.O=C(O)C(F)(F)F. The summed E-state index contributed by atoms with van der Waals surface area (Å²) in [5.74, 6) is -4.65. The van der Waals surface area contributed by atoms with Gasteiger partial charge in [0.1, 0.15) is 23.6 Å². The number of nitrogens with zero attached hydrogens (tertiary/aromatic N) is 6. The average molecular weight is 708 g/mol. The first kappa shape index (κ1) is 39.0. The number of benzene rings is 1. The Kier molecular flexibility index (Phi) is 12.3. The molecule has 4 rings (SSSR count). The molecule has 0 radical (unpaired) electrons. The van der Waals surface area contributed by atoms with Crippen LogP contribution in [0.3, 0.4) is 0 Å². The van der Waals surface area contributed by atoms with Crippen molar-refractivity contribution in [1.82, 2.24) is 29.6 Å². The van der Waals surface area contributed by atoms with Crippen molar-refractivity contribution in [2.45, 2.75) is 39.2 Å². The minimum atomic E-state index is -5.08. The second-order valence-electron chi connectivity index (χ2n) is 9.88. The van der Waals surface area contributed by atoms with E-state index in [9.17, 15) is 31.1 Å². The topological polar surface area (TPSA) is 187 Å². The highest BCUT2D eigenvalue weighted by Crippen LogP contribution is 2.43. The molecule has 4 aromatic rings. The number of anilines is 1. The van der Waals surface area contributed by atoms with Gasteiger partial charge in [0.2, 0.25) is 0 Å². The molecule has 13 nitrogen and oxygen atoms in total. The van der Waals surface area contributed by atoms with Crippen LogP contribution < -0.4 is 10.5 Å². The third-order valence-corrected chi connectivity index (χ3v) is 6.77. The molecule has 0 fully saturated rings. The van der Waals surface area contributed by atoms with Gasteiger partial charge in [-0.05, 0) is 38.5 Å². The van der Waals surface area contributed by atoms with E-state index in [0.717, 1.165) is 33.3 Å². The van der Waals surface area contributed by atoms with Crippen molar-refractivity contribution >= 4 is 46.3 Å². The second-order valence-corrected chi connectivity index (χ2v) is 10.3. The van der Waals surface area contributed by atoms with Crippen molar-refractivity contribution in [2.75, 3.05) is 26.9 Å². The van der Waals surface area contributed by atoms with Crippen LogP contribution in [0.25, 0.3) is 22.2 Å². The molecule has 1 unspecified atom stereocenters. The fourth-order valence-electron chi connectivity index (χ4n) is 4.09. The number of fused-ring (bicyclic) bond motifs is 1. The van der Waals surface area contributed by atoms with Gasteiger partial charge in [0.15, 0.2) is 5.65 Å². The van der Waals surface area contributed by atoms with E-state index >= 15 is 0 Å². The Morgan fingerprint density at radius 2 is 1.54 bits per heavy atom. The monoisotopic (exact) mass is 707 g/mol. The number of carboxylic acid groups (broad SMARTS) is 2. The first-order chi connectivity index (χ1) is 22.0. The maximum absolute atomic E-state index is 12.3. The quantitative estimate of drug-likeness (QED) is 0.228. The number of nitrogens with two attached hydrogens (primary N) is 1. The molecule has 260 valence electrons. The molecule has 0 aliphatic heterocycles. The number of aliphatic carboxylic acids is 2. The Balaban J connectivity index is 0.000000479. The first-order valence-electron chi connectivity index (χ1n) is 13.1. The molecule has 0 spiro atoms. The smallest absolute Gasteiger partial charge is 0.490 e. The predicted octanol–water partition coefficient (Wildman–Crippen LogP) is 5.33. The number of aromatic nitrogens is 5. The Hall–Kier alpha value is -5.20. The molecule has 0 aliphatic rings. The number of halogens is 7. The molecule has 48 heavy (non-hydrogen) atoms. The van der Waals surface area contributed by atoms with Gasteiger partial charge in [0, 0.05) is 42.0 Å². The summed E-state index contributed by atoms with van der Waals surface area (Å²) in [7, 11) is 5.00. The number of alkyl halides is 6. The van der Waals surface area contributed by atoms with Crippen molar-refractivity contribution in [3.8, 4) is 16.9 Å². The lowest BCUT2D eigenvalue weighted by Crippen LogP contribution is -2.22. The van der Waals surface area contributed by atoms with E-state index < -0.39 is 24.3 Å². The van der Waals surface area contributed by atoms with Crippen LogP contribution in [0.2, 0.25) is 5.02 Å². The molecular weight excluding hydrogens is 680 g/mol. The van der Waals surface area contributed by atoms with Crippen LogP contribution in [0.4, 0.5) is 32.2 Å². The van der Waals surface area contributed by atoms with Crippen LogP contribution in [0.1, 0.15) is 40.3 Å². The summed E-state index contributed by atoms with van der Waals surface area (Å²) in [5.41, 5.74) is 11.1. The number of carboxylic acids is 2. The molecule has 0 aliphatic carbocycles. The van der Waals surface area contributed by atoms with Crippen LogP contribution in [-0.4, -0.2) is 91.2 Å². The van der Waals surface area contributed by atoms with Gasteiger partial charge in [-0.25, -0.2) is 24.2 Å². The number of hydrogen-bond acceptors (Lipinski definition) is 9. The van der Waals surface area contributed by atoms with Gasteiger partial charge in [-0.2, -0.15) is 31.4 Å². The lowest BCUT2D eigenvalue weighted by atomic mass is 9.94. The van der Waals surface area contributed by atoms with E-state index in [-0.39, 0.29) is 11.9 Å². The summed E-state index contributed by atoms with van der Waals surface area (Å²) in [4.78, 5) is 44.4. The lowest BCUT2D eigenvalue weighted by Gasteiger charge is -2.22. The number of methoxy groups -OCH3 is 1. The molecular formula is C28H28ClF6N7O6. The van der Waals surface area contributed by atoms with Crippen molar-refractivity contribution < 1.29 is 55.7 Å². The van der Waals surface area contributed by atoms with Crippen LogP contribution in [0, 0.1) is 13.8 Å². The molecule has 20 heteroatoms.